The Balaban J connectivity index is 1.41. The molecule has 1 atom stereocenters. The van der Waals surface area contributed by atoms with Crippen molar-refractivity contribution in [3.8, 4) is 16.9 Å². The molecule has 2 fully saturated rings. The molecule has 3 amide bonds. The van der Waals surface area contributed by atoms with Gasteiger partial charge in [0.15, 0.2) is 0 Å². The number of carbonyl (C=O) groups excluding carboxylic acids is 3. The van der Waals surface area contributed by atoms with E-state index in [1.165, 1.54) is 0 Å². The van der Waals surface area contributed by atoms with Crippen molar-refractivity contribution in [2.24, 2.45) is 0 Å². The molecule has 7 heteroatoms. The number of methoxy groups -OCH3 is 1. The zero-order valence-electron chi connectivity index (χ0n) is 19.1. The molecule has 2 aliphatic heterocycles. The first kappa shape index (κ1) is 22.8. The molecule has 0 radical (unpaired) electrons. The second kappa shape index (κ2) is 10.5. The first-order chi connectivity index (χ1) is 16.0. The molecule has 1 N–H and O–H groups in total. The summed E-state index contributed by atoms with van der Waals surface area (Å²) in [4.78, 5) is 41.4. The van der Waals surface area contributed by atoms with Gasteiger partial charge in [0.25, 0.3) is 0 Å². The maximum Gasteiger partial charge on any atom is 0.247 e. The summed E-state index contributed by atoms with van der Waals surface area (Å²) in [5.41, 5.74) is 2.66. The molecule has 2 aromatic rings. The van der Waals surface area contributed by atoms with Crippen LogP contribution in [0.3, 0.4) is 0 Å². The number of hydrogen-bond donors (Lipinski definition) is 1. The second-order valence-corrected chi connectivity index (χ2v) is 8.64. The average molecular weight is 450 g/mol. The first-order valence-corrected chi connectivity index (χ1v) is 11.7. The average Bonchev–Trinajstić information content (AvgIpc) is 3.27. The molecule has 0 aromatic heterocycles. The minimum Gasteiger partial charge on any atom is -0.497 e. The fourth-order valence-electron chi connectivity index (χ4n) is 4.62. The van der Waals surface area contributed by atoms with Gasteiger partial charge in [-0.3, -0.25) is 14.4 Å². The fraction of sp³-hybridized carbons (Fsp3) is 0.423. The third-order valence-corrected chi connectivity index (χ3v) is 6.43. The van der Waals surface area contributed by atoms with Crippen LogP contribution in [0.1, 0.15) is 38.5 Å². The summed E-state index contributed by atoms with van der Waals surface area (Å²) in [5.74, 6) is 0.670. The molecule has 0 aliphatic carbocycles. The van der Waals surface area contributed by atoms with Crippen LogP contribution in [0.5, 0.6) is 5.75 Å². The van der Waals surface area contributed by atoms with E-state index in [2.05, 4.69) is 5.32 Å². The lowest BCUT2D eigenvalue weighted by Gasteiger charge is -2.35. The number of ether oxygens (including phenoxy) is 1. The monoisotopic (exact) mass is 449 g/mol. The normalized spacial score (nSPS) is 18.3. The van der Waals surface area contributed by atoms with E-state index >= 15 is 0 Å². The summed E-state index contributed by atoms with van der Waals surface area (Å²) in [7, 11) is 1.63. The molecule has 4 rings (SSSR count). The summed E-state index contributed by atoms with van der Waals surface area (Å²) < 4.78 is 5.31. The zero-order valence-corrected chi connectivity index (χ0v) is 19.1. The van der Waals surface area contributed by atoms with Crippen LogP contribution >= 0.6 is 0 Å². The van der Waals surface area contributed by atoms with Crippen LogP contribution in [0.25, 0.3) is 11.1 Å². The van der Waals surface area contributed by atoms with Crippen LogP contribution in [0.15, 0.2) is 48.5 Å². The molecule has 2 saturated heterocycles. The Bertz CT molecular complexity index is 1020. The van der Waals surface area contributed by atoms with Crippen LogP contribution in [0.2, 0.25) is 0 Å². The van der Waals surface area contributed by atoms with E-state index in [1.54, 1.807) is 16.9 Å². The number of amides is 3. The Hall–Kier alpha value is -3.35. The van der Waals surface area contributed by atoms with Crippen molar-refractivity contribution >= 4 is 23.4 Å². The Labute approximate surface area is 194 Å². The summed E-state index contributed by atoms with van der Waals surface area (Å²) in [6, 6.07) is 15.0. The van der Waals surface area contributed by atoms with Crippen molar-refractivity contribution < 1.29 is 19.1 Å². The minimum absolute atomic E-state index is 0.0559. The third kappa shape index (κ3) is 5.53. The van der Waals surface area contributed by atoms with Gasteiger partial charge in [0.2, 0.25) is 17.7 Å². The van der Waals surface area contributed by atoms with Gasteiger partial charge < -0.3 is 19.9 Å². The van der Waals surface area contributed by atoms with E-state index in [-0.39, 0.29) is 24.1 Å². The molecule has 2 aliphatic rings. The highest BCUT2D eigenvalue weighted by molar-refractivity contribution is 5.97. The Morgan fingerprint density at radius 3 is 2.58 bits per heavy atom. The number of carbonyl (C=O) groups is 3. The van der Waals surface area contributed by atoms with Crippen LogP contribution in [0, 0.1) is 0 Å². The standard InChI is InChI=1S/C26H31N3O4/c1-33-22-10-5-8-20(18-22)19-7-4-9-21(17-19)27-26(32)23-11-2-3-15-29(23)25(31)13-16-28-14-6-12-24(28)30/h4-5,7-10,17-18,23H,2-3,6,11-16H2,1H3,(H,27,32). The van der Waals surface area contributed by atoms with E-state index in [4.69, 9.17) is 4.74 Å². The van der Waals surface area contributed by atoms with Gasteiger partial charge in [0.05, 0.1) is 7.11 Å². The van der Waals surface area contributed by atoms with Crippen molar-refractivity contribution in [3.63, 3.8) is 0 Å². The highest BCUT2D eigenvalue weighted by atomic mass is 16.5. The Morgan fingerprint density at radius 1 is 1.03 bits per heavy atom. The predicted octanol–water partition coefficient (Wildman–Crippen LogP) is 3.69. The van der Waals surface area contributed by atoms with Crippen LogP contribution in [0.4, 0.5) is 5.69 Å². The van der Waals surface area contributed by atoms with Gasteiger partial charge in [-0.05, 0) is 61.1 Å². The van der Waals surface area contributed by atoms with Gasteiger partial charge >= 0.3 is 0 Å². The molecule has 174 valence electrons. The van der Waals surface area contributed by atoms with E-state index in [0.29, 0.717) is 31.6 Å². The molecule has 0 saturated carbocycles. The fourth-order valence-corrected chi connectivity index (χ4v) is 4.62. The lowest BCUT2D eigenvalue weighted by atomic mass is 10.00. The van der Waals surface area contributed by atoms with Crippen molar-refractivity contribution in [1.29, 1.82) is 0 Å². The van der Waals surface area contributed by atoms with Gasteiger partial charge in [-0.1, -0.05) is 24.3 Å². The smallest absolute Gasteiger partial charge is 0.247 e. The quantitative estimate of drug-likeness (QED) is 0.699. The van der Waals surface area contributed by atoms with E-state index < -0.39 is 6.04 Å². The van der Waals surface area contributed by atoms with Gasteiger partial charge in [-0.15, -0.1) is 0 Å². The van der Waals surface area contributed by atoms with Crippen LogP contribution in [-0.2, 0) is 14.4 Å². The molecule has 0 bridgehead atoms. The third-order valence-electron chi connectivity index (χ3n) is 6.43. The van der Waals surface area contributed by atoms with Gasteiger partial charge in [-0.25, -0.2) is 0 Å². The minimum atomic E-state index is -0.485. The number of anilines is 1. The molecular weight excluding hydrogens is 418 g/mol. The summed E-state index contributed by atoms with van der Waals surface area (Å²) in [6.07, 6.45) is 4.14. The van der Waals surface area contributed by atoms with E-state index in [9.17, 15) is 14.4 Å². The molecular formula is C26H31N3O4. The SMILES string of the molecule is COc1cccc(-c2cccc(NC(=O)C3CCCCN3C(=O)CCN3CCCC3=O)c2)c1. The Kier molecular flexibility index (Phi) is 7.27. The number of likely N-dealkylation sites (tertiary alicyclic amines) is 2. The Morgan fingerprint density at radius 2 is 1.82 bits per heavy atom. The maximum absolute atomic E-state index is 13.2. The zero-order chi connectivity index (χ0) is 23.2. The molecule has 0 spiro atoms. The number of nitrogens with one attached hydrogen (secondary N) is 1. The van der Waals surface area contributed by atoms with Gasteiger partial charge in [0.1, 0.15) is 11.8 Å². The largest absolute Gasteiger partial charge is 0.497 e. The molecule has 2 heterocycles. The van der Waals surface area contributed by atoms with Crippen LogP contribution in [-0.4, -0.2) is 60.3 Å². The van der Waals surface area contributed by atoms with Crippen molar-refractivity contribution in [2.45, 2.75) is 44.6 Å². The molecule has 7 nitrogen and oxygen atoms in total. The van der Waals surface area contributed by atoms with Crippen molar-refractivity contribution in [3.05, 3.63) is 48.5 Å². The lowest BCUT2D eigenvalue weighted by Crippen LogP contribution is -2.50. The topological polar surface area (TPSA) is 79.0 Å². The van der Waals surface area contributed by atoms with Crippen LogP contribution < -0.4 is 10.1 Å². The molecule has 1 unspecified atom stereocenters. The van der Waals surface area contributed by atoms with Crippen molar-refractivity contribution in [1.82, 2.24) is 9.80 Å². The number of piperidine rings is 1. The lowest BCUT2D eigenvalue weighted by molar-refractivity contribution is -0.141. The van der Waals surface area contributed by atoms with Crippen molar-refractivity contribution in [2.75, 3.05) is 32.1 Å². The summed E-state index contributed by atoms with van der Waals surface area (Å²) in [6.45, 7) is 1.74. The van der Waals surface area contributed by atoms with E-state index in [1.807, 2.05) is 48.5 Å². The summed E-state index contributed by atoms with van der Waals surface area (Å²) in [5, 5.41) is 3.01. The van der Waals surface area contributed by atoms with E-state index in [0.717, 1.165) is 42.7 Å². The highest BCUT2D eigenvalue weighted by Crippen LogP contribution is 2.27. The highest BCUT2D eigenvalue weighted by Gasteiger charge is 2.32. The number of hydrogen-bond acceptors (Lipinski definition) is 4. The second-order valence-electron chi connectivity index (χ2n) is 8.64. The number of benzene rings is 2. The molecule has 2 aromatic carbocycles. The van der Waals surface area contributed by atoms with Gasteiger partial charge in [0, 0.05) is 38.2 Å². The molecule has 33 heavy (non-hydrogen) atoms. The predicted molar refractivity (Wildman–Crippen MR) is 127 cm³/mol. The number of rotatable bonds is 7. The number of nitrogens with zero attached hydrogens (tertiary/aromatic N) is 2. The first-order valence-electron chi connectivity index (χ1n) is 11.7. The maximum atomic E-state index is 13.2. The van der Waals surface area contributed by atoms with Gasteiger partial charge in [-0.2, -0.15) is 0 Å². The summed E-state index contributed by atoms with van der Waals surface area (Å²) >= 11 is 0.